The Balaban J connectivity index is 0.000000606. The highest BCUT2D eigenvalue weighted by Crippen LogP contribution is 2.22. The molecule has 0 radical (unpaired) electrons. The van der Waals surface area contributed by atoms with Crippen molar-refractivity contribution in [2.75, 3.05) is 0 Å². The zero-order valence-electron chi connectivity index (χ0n) is 9.00. The van der Waals surface area contributed by atoms with Gasteiger partial charge in [-0.05, 0) is 24.3 Å². The number of fused-ring (bicyclic) bond motifs is 1. The predicted molar refractivity (Wildman–Crippen MR) is 68.5 cm³/mol. The van der Waals surface area contributed by atoms with Crippen LogP contribution >= 0.6 is 23.2 Å². The first-order valence-electron chi connectivity index (χ1n) is 4.91. The van der Waals surface area contributed by atoms with Crippen LogP contribution in [0, 0.1) is 0 Å². The van der Waals surface area contributed by atoms with Crippen molar-refractivity contribution >= 4 is 40.4 Å². The molecule has 1 aromatic heterocycles. The van der Waals surface area contributed by atoms with E-state index in [0.29, 0.717) is 16.9 Å². The van der Waals surface area contributed by atoms with Crippen molar-refractivity contribution in [1.82, 2.24) is 4.98 Å². The lowest BCUT2D eigenvalue weighted by Gasteiger charge is -2.00. The minimum absolute atomic E-state index is 0.217. The highest BCUT2D eigenvalue weighted by atomic mass is 35.5. The second-order valence-electron chi connectivity index (χ2n) is 2.82. The fraction of sp³-hybridized carbons (Fsp3) is 0.167. The predicted octanol–water partition coefficient (Wildman–Crippen LogP) is 4.38. The number of hydrogen-bond acceptors (Lipinski definition) is 2. The molecule has 0 saturated heterocycles. The zero-order chi connectivity index (χ0) is 12.1. The lowest BCUT2D eigenvalue weighted by molar-refractivity contribution is 0.112. The van der Waals surface area contributed by atoms with Crippen molar-refractivity contribution in [2.45, 2.75) is 13.8 Å². The van der Waals surface area contributed by atoms with E-state index in [2.05, 4.69) is 4.98 Å². The van der Waals surface area contributed by atoms with Gasteiger partial charge in [0.1, 0.15) is 5.15 Å². The maximum atomic E-state index is 10.6. The molecule has 4 heteroatoms. The first kappa shape index (κ1) is 12.9. The van der Waals surface area contributed by atoms with Gasteiger partial charge in [0.25, 0.3) is 0 Å². The number of rotatable bonds is 1. The van der Waals surface area contributed by atoms with Crippen molar-refractivity contribution in [3.8, 4) is 0 Å². The van der Waals surface area contributed by atoms with Gasteiger partial charge in [0.2, 0.25) is 0 Å². The standard InChI is InChI=1S/C10H5Cl2NO.C2H6/c11-8-1-2-9-6(4-8)3-7(5-14)10(12)13-9;1-2/h1-5H;1-2H3. The summed E-state index contributed by atoms with van der Waals surface area (Å²) in [4.78, 5) is 14.7. The lowest BCUT2D eigenvalue weighted by atomic mass is 10.2. The number of pyridine rings is 1. The summed E-state index contributed by atoms with van der Waals surface area (Å²) < 4.78 is 0. The van der Waals surface area contributed by atoms with Crippen LogP contribution < -0.4 is 0 Å². The molecule has 84 valence electrons. The van der Waals surface area contributed by atoms with Gasteiger partial charge in [0, 0.05) is 10.4 Å². The van der Waals surface area contributed by atoms with E-state index in [0.717, 1.165) is 10.9 Å². The number of aldehydes is 1. The summed E-state index contributed by atoms with van der Waals surface area (Å²) in [6.45, 7) is 4.00. The van der Waals surface area contributed by atoms with E-state index in [1.807, 2.05) is 13.8 Å². The van der Waals surface area contributed by atoms with Gasteiger partial charge in [0.15, 0.2) is 6.29 Å². The monoisotopic (exact) mass is 255 g/mol. The fourth-order valence-corrected chi connectivity index (χ4v) is 1.59. The highest BCUT2D eigenvalue weighted by Gasteiger charge is 2.03. The molecule has 0 N–H and O–H groups in total. The van der Waals surface area contributed by atoms with Gasteiger partial charge >= 0.3 is 0 Å². The van der Waals surface area contributed by atoms with Crippen molar-refractivity contribution < 1.29 is 4.79 Å². The molecule has 2 rings (SSSR count). The van der Waals surface area contributed by atoms with Crippen LogP contribution in [0.25, 0.3) is 10.9 Å². The van der Waals surface area contributed by atoms with Gasteiger partial charge in [-0.1, -0.05) is 37.0 Å². The molecule has 2 aromatic rings. The van der Waals surface area contributed by atoms with Crippen LogP contribution in [0.1, 0.15) is 24.2 Å². The Morgan fingerprint density at radius 1 is 1.19 bits per heavy atom. The average Bonchev–Trinajstić information content (AvgIpc) is 2.31. The quantitative estimate of drug-likeness (QED) is 0.559. The molecule has 0 aliphatic heterocycles. The Labute approximate surface area is 104 Å². The Morgan fingerprint density at radius 3 is 2.50 bits per heavy atom. The van der Waals surface area contributed by atoms with Gasteiger partial charge in [-0.25, -0.2) is 4.98 Å². The molecule has 0 bridgehead atoms. The third-order valence-electron chi connectivity index (χ3n) is 1.88. The fourth-order valence-electron chi connectivity index (χ4n) is 1.22. The van der Waals surface area contributed by atoms with Gasteiger partial charge in [-0.15, -0.1) is 0 Å². The van der Waals surface area contributed by atoms with E-state index < -0.39 is 0 Å². The van der Waals surface area contributed by atoms with E-state index in [4.69, 9.17) is 23.2 Å². The Bertz CT molecular complexity index is 512. The molecule has 0 spiro atoms. The summed E-state index contributed by atoms with van der Waals surface area (Å²) in [6, 6.07) is 6.91. The summed E-state index contributed by atoms with van der Waals surface area (Å²) in [7, 11) is 0. The number of carbonyl (C=O) groups excluding carboxylic acids is 1. The van der Waals surface area contributed by atoms with Crippen LogP contribution in [0.5, 0.6) is 0 Å². The van der Waals surface area contributed by atoms with Crippen LogP contribution in [0.15, 0.2) is 24.3 Å². The maximum Gasteiger partial charge on any atom is 0.153 e. The van der Waals surface area contributed by atoms with Crippen molar-refractivity contribution in [3.63, 3.8) is 0 Å². The van der Waals surface area contributed by atoms with Crippen molar-refractivity contribution in [2.24, 2.45) is 0 Å². The van der Waals surface area contributed by atoms with Crippen molar-refractivity contribution in [1.29, 1.82) is 0 Å². The molecule has 0 aliphatic rings. The number of halogens is 2. The lowest BCUT2D eigenvalue weighted by Crippen LogP contribution is -1.87. The normalized spacial score (nSPS) is 9.50. The number of hydrogen-bond donors (Lipinski definition) is 0. The van der Waals surface area contributed by atoms with Crippen LogP contribution in [0.2, 0.25) is 10.2 Å². The molecule has 2 nitrogen and oxygen atoms in total. The van der Waals surface area contributed by atoms with Crippen LogP contribution in [-0.4, -0.2) is 11.3 Å². The Kier molecular flexibility index (Phi) is 4.71. The van der Waals surface area contributed by atoms with Crippen LogP contribution in [0.3, 0.4) is 0 Å². The van der Waals surface area contributed by atoms with E-state index in [-0.39, 0.29) is 5.15 Å². The molecular formula is C12H11Cl2NO. The van der Waals surface area contributed by atoms with Gasteiger partial charge in [-0.3, -0.25) is 4.79 Å². The molecule has 0 amide bonds. The summed E-state index contributed by atoms with van der Waals surface area (Å²) >= 11 is 11.6. The second-order valence-corrected chi connectivity index (χ2v) is 3.62. The minimum atomic E-state index is 0.217. The third-order valence-corrected chi connectivity index (χ3v) is 2.42. The Hall–Kier alpha value is -1.12. The number of benzene rings is 1. The SMILES string of the molecule is CC.O=Cc1cc2cc(Cl)ccc2nc1Cl. The van der Waals surface area contributed by atoms with Crippen molar-refractivity contribution in [3.05, 3.63) is 40.0 Å². The summed E-state index contributed by atoms with van der Waals surface area (Å²) in [5.74, 6) is 0. The first-order chi connectivity index (χ1) is 7.70. The number of aromatic nitrogens is 1. The smallest absolute Gasteiger partial charge is 0.153 e. The molecule has 0 unspecified atom stereocenters. The summed E-state index contributed by atoms with van der Waals surface area (Å²) in [5, 5.41) is 1.64. The largest absolute Gasteiger partial charge is 0.298 e. The van der Waals surface area contributed by atoms with E-state index in [1.165, 1.54) is 0 Å². The van der Waals surface area contributed by atoms with Gasteiger partial charge in [0.05, 0.1) is 11.1 Å². The number of carbonyl (C=O) groups is 1. The van der Waals surface area contributed by atoms with Gasteiger partial charge in [-0.2, -0.15) is 0 Å². The molecule has 0 atom stereocenters. The molecule has 0 saturated carbocycles. The maximum absolute atomic E-state index is 10.6. The molecule has 1 heterocycles. The molecule has 1 aromatic carbocycles. The third kappa shape index (κ3) is 2.71. The molecular weight excluding hydrogens is 245 g/mol. The zero-order valence-corrected chi connectivity index (χ0v) is 10.5. The minimum Gasteiger partial charge on any atom is -0.298 e. The topological polar surface area (TPSA) is 30.0 Å². The average molecular weight is 256 g/mol. The van der Waals surface area contributed by atoms with E-state index in [1.54, 1.807) is 24.3 Å². The molecule has 0 aliphatic carbocycles. The molecule has 0 fully saturated rings. The summed E-state index contributed by atoms with van der Waals surface area (Å²) in [5.41, 5.74) is 1.10. The Morgan fingerprint density at radius 2 is 1.88 bits per heavy atom. The van der Waals surface area contributed by atoms with Crippen LogP contribution in [-0.2, 0) is 0 Å². The first-order valence-corrected chi connectivity index (χ1v) is 5.67. The summed E-state index contributed by atoms with van der Waals surface area (Å²) in [6.07, 6.45) is 0.676. The second kappa shape index (κ2) is 5.83. The van der Waals surface area contributed by atoms with Crippen LogP contribution in [0.4, 0.5) is 0 Å². The van der Waals surface area contributed by atoms with Gasteiger partial charge < -0.3 is 0 Å². The van der Waals surface area contributed by atoms with E-state index in [9.17, 15) is 4.79 Å². The van der Waals surface area contributed by atoms with E-state index >= 15 is 0 Å². The highest BCUT2D eigenvalue weighted by molar-refractivity contribution is 6.33. The number of nitrogens with zero attached hydrogens (tertiary/aromatic N) is 1. The molecule has 16 heavy (non-hydrogen) atoms.